The molecule has 1 amide bonds. The first-order chi connectivity index (χ1) is 9.02. The van der Waals surface area contributed by atoms with Crippen LogP contribution in [0.1, 0.15) is 39.5 Å². The van der Waals surface area contributed by atoms with Crippen LogP contribution >= 0.6 is 0 Å². The third-order valence-corrected chi connectivity index (χ3v) is 5.33. The van der Waals surface area contributed by atoms with Crippen LogP contribution in [0.4, 0.5) is 0 Å². The summed E-state index contributed by atoms with van der Waals surface area (Å²) in [7, 11) is -0.213. The SMILES string of the molecule is CC1=CS(=O)[C@@](C)(CC2C=CCCC2)C(=O)N1.CO. The second kappa shape index (κ2) is 7.01. The average molecular weight is 285 g/mol. The summed E-state index contributed by atoms with van der Waals surface area (Å²) < 4.78 is 11.4. The molecule has 2 unspecified atom stereocenters. The van der Waals surface area contributed by atoms with Gasteiger partial charge in [-0.1, -0.05) is 12.2 Å². The van der Waals surface area contributed by atoms with Gasteiger partial charge >= 0.3 is 0 Å². The molecule has 0 aromatic heterocycles. The molecule has 0 radical (unpaired) electrons. The molecule has 1 aliphatic heterocycles. The third-order valence-electron chi connectivity index (χ3n) is 3.52. The van der Waals surface area contributed by atoms with Gasteiger partial charge in [-0.05, 0) is 45.4 Å². The number of rotatable bonds is 2. The molecule has 1 aliphatic carbocycles. The first-order valence-corrected chi connectivity index (χ1v) is 7.75. The topological polar surface area (TPSA) is 66.4 Å². The fourth-order valence-electron chi connectivity index (χ4n) is 2.45. The van der Waals surface area contributed by atoms with Crippen molar-refractivity contribution < 1.29 is 14.1 Å². The van der Waals surface area contributed by atoms with Crippen LogP contribution in [0.15, 0.2) is 23.3 Å². The van der Waals surface area contributed by atoms with E-state index in [0.29, 0.717) is 18.0 Å². The van der Waals surface area contributed by atoms with Gasteiger partial charge in [0.15, 0.2) is 0 Å². The Morgan fingerprint density at radius 3 is 2.74 bits per heavy atom. The highest BCUT2D eigenvalue weighted by Gasteiger charge is 2.42. The van der Waals surface area contributed by atoms with Gasteiger partial charge in [-0.3, -0.25) is 9.00 Å². The van der Waals surface area contributed by atoms with Crippen LogP contribution in [0.2, 0.25) is 0 Å². The maximum Gasteiger partial charge on any atom is 0.243 e. The van der Waals surface area contributed by atoms with Crippen LogP contribution in [-0.2, 0) is 15.6 Å². The van der Waals surface area contributed by atoms with E-state index in [1.54, 1.807) is 12.3 Å². The van der Waals surface area contributed by atoms with Crippen LogP contribution in [0.5, 0.6) is 0 Å². The summed E-state index contributed by atoms with van der Waals surface area (Å²) in [6.45, 7) is 3.58. The Balaban J connectivity index is 0.000000861. The van der Waals surface area contributed by atoms with E-state index >= 15 is 0 Å². The van der Waals surface area contributed by atoms with Gasteiger partial charge in [-0.15, -0.1) is 0 Å². The van der Waals surface area contributed by atoms with E-state index in [1.807, 2.05) is 6.92 Å². The fraction of sp³-hybridized carbons (Fsp3) is 0.643. The van der Waals surface area contributed by atoms with Gasteiger partial charge in [-0.25, -0.2) is 0 Å². The summed E-state index contributed by atoms with van der Waals surface area (Å²) in [6.07, 6.45) is 8.40. The summed E-state index contributed by atoms with van der Waals surface area (Å²) in [4.78, 5) is 12.0. The van der Waals surface area contributed by atoms with Crippen molar-refractivity contribution in [2.45, 2.75) is 44.3 Å². The maximum absolute atomic E-state index is 12.2. The molecular formula is C14H23NO3S. The Morgan fingerprint density at radius 1 is 1.53 bits per heavy atom. The molecule has 19 heavy (non-hydrogen) atoms. The highest BCUT2D eigenvalue weighted by Crippen LogP contribution is 2.32. The normalized spacial score (nSPS) is 33.9. The van der Waals surface area contributed by atoms with Crippen molar-refractivity contribution >= 4 is 16.7 Å². The summed E-state index contributed by atoms with van der Waals surface area (Å²) in [5, 5.41) is 11.5. The van der Waals surface area contributed by atoms with E-state index in [-0.39, 0.29) is 5.91 Å². The molecule has 2 aliphatic rings. The number of allylic oxidation sites excluding steroid dienone is 3. The quantitative estimate of drug-likeness (QED) is 0.761. The monoisotopic (exact) mass is 285 g/mol. The van der Waals surface area contributed by atoms with Crippen molar-refractivity contribution in [1.82, 2.24) is 5.32 Å². The average Bonchev–Trinajstić information content (AvgIpc) is 2.40. The second-order valence-electron chi connectivity index (χ2n) is 5.11. The Morgan fingerprint density at radius 2 is 2.21 bits per heavy atom. The number of hydrogen-bond donors (Lipinski definition) is 2. The smallest absolute Gasteiger partial charge is 0.243 e. The van der Waals surface area contributed by atoms with Crippen molar-refractivity contribution in [3.63, 3.8) is 0 Å². The third kappa shape index (κ3) is 3.76. The van der Waals surface area contributed by atoms with Crippen molar-refractivity contribution in [3.05, 3.63) is 23.3 Å². The molecule has 0 aromatic carbocycles. The Labute approximate surface area is 117 Å². The Hall–Kier alpha value is -0.940. The lowest BCUT2D eigenvalue weighted by Crippen LogP contribution is -2.50. The van der Waals surface area contributed by atoms with Gasteiger partial charge in [0.25, 0.3) is 0 Å². The number of carbonyl (C=O) groups excluding carboxylic acids is 1. The van der Waals surface area contributed by atoms with Gasteiger partial charge in [0.2, 0.25) is 5.91 Å². The molecule has 108 valence electrons. The lowest BCUT2D eigenvalue weighted by molar-refractivity contribution is -0.122. The zero-order valence-corrected chi connectivity index (χ0v) is 12.6. The van der Waals surface area contributed by atoms with Crippen LogP contribution < -0.4 is 5.32 Å². The summed E-state index contributed by atoms with van der Waals surface area (Å²) in [5.74, 6) is 0.282. The number of aliphatic hydroxyl groups is 1. The minimum absolute atomic E-state index is 0.102. The van der Waals surface area contributed by atoms with Gasteiger partial charge in [0.05, 0.1) is 10.8 Å². The van der Waals surface area contributed by atoms with Gasteiger partial charge < -0.3 is 10.4 Å². The molecule has 0 saturated heterocycles. The lowest BCUT2D eigenvalue weighted by Gasteiger charge is -2.33. The van der Waals surface area contributed by atoms with Crippen molar-refractivity contribution in [1.29, 1.82) is 0 Å². The Bertz CT molecular complexity index is 417. The molecule has 0 bridgehead atoms. The number of amides is 1. The minimum Gasteiger partial charge on any atom is -0.400 e. The van der Waals surface area contributed by atoms with Crippen LogP contribution in [0.3, 0.4) is 0 Å². The van der Waals surface area contributed by atoms with Crippen molar-refractivity contribution in [2.24, 2.45) is 5.92 Å². The first-order valence-electron chi connectivity index (χ1n) is 6.54. The maximum atomic E-state index is 12.2. The molecule has 0 spiro atoms. The fourth-order valence-corrected chi connectivity index (χ4v) is 3.70. The molecule has 3 atom stereocenters. The number of aliphatic hydroxyl groups excluding tert-OH is 1. The van der Waals surface area contributed by atoms with Crippen molar-refractivity contribution in [3.8, 4) is 0 Å². The highest BCUT2D eigenvalue weighted by molar-refractivity contribution is 7.90. The summed E-state index contributed by atoms with van der Waals surface area (Å²) in [6, 6.07) is 0. The largest absolute Gasteiger partial charge is 0.400 e. The lowest BCUT2D eigenvalue weighted by atomic mass is 9.87. The first kappa shape index (κ1) is 16.1. The summed E-state index contributed by atoms with van der Waals surface area (Å²) >= 11 is 0. The van der Waals surface area contributed by atoms with E-state index in [9.17, 15) is 9.00 Å². The molecule has 0 saturated carbocycles. The number of nitrogens with one attached hydrogen (secondary N) is 1. The molecule has 2 rings (SSSR count). The molecule has 1 heterocycles. The van der Waals surface area contributed by atoms with E-state index in [1.165, 1.54) is 6.42 Å². The molecule has 0 fully saturated rings. The van der Waals surface area contributed by atoms with Gasteiger partial charge in [-0.2, -0.15) is 0 Å². The van der Waals surface area contributed by atoms with Gasteiger partial charge in [0, 0.05) is 18.2 Å². The second-order valence-corrected chi connectivity index (χ2v) is 6.84. The Kier molecular flexibility index (Phi) is 5.94. The minimum atomic E-state index is -1.21. The molecule has 0 aromatic rings. The molecule has 2 N–H and O–H groups in total. The summed E-state index contributed by atoms with van der Waals surface area (Å²) in [5.41, 5.74) is 0.699. The molecular weight excluding hydrogens is 262 g/mol. The predicted molar refractivity (Wildman–Crippen MR) is 77.7 cm³/mol. The highest BCUT2D eigenvalue weighted by atomic mass is 32.2. The number of carbonyl (C=O) groups is 1. The standard InChI is InChI=1S/C13H19NO2S.CH4O/c1-10-9-17(16)13(2,12(15)14-10)8-11-6-4-3-5-7-11;1-2/h4,6,9,11H,3,5,7-8H2,1-2H3,(H,14,15);2H,1H3/t11?,13-,17?;/m0./s1. The van der Waals surface area contributed by atoms with Crippen LogP contribution in [0.25, 0.3) is 0 Å². The zero-order valence-electron chi connectivity index (χ0n) is 11.8. The molecule has 4 nitrogen and oxygen atoms in total. The zero-order chi connectivity index (χ0) is 14.5. The molecule has 5 heteroatoms. The van der Waals surface area contributed by atoms with E-state index in [4.69, 9.17) is 5.11 Å². The predicted octanol–water partition coefficient (Wildman–Crippen LogP) is 1.84. The van der Waals surface area contributed by atoms with E-state index < -0.39 is 15.5 Å². The number of hydrogen-bond acceptors (Lipinski definition) is 3. The van der Waals surface area contributed by atoms with E-state index in [2.05, 4.69) is 17.5 Å². The van der Waals surface area contributed by atoms with Crippen LogP contribution in [0, 0.1) is 5.92 Å². The van der Waals surface area contributed by atoms with Crippen LogP contribution in [-0.4, -0.2) is 27.1 Å². The van der Waals surface area contributed by atoms with E-state index in [0.717, 1.165) is 20.0 Å². The van der Waals surface area contributed by atoms with Gasteiger partial charge in [0.1, 0.15) is 4.75 Å². The van der Waals surface area contributed by atoms with Crippen molar-refractivity contribution in [2.75, 3.05) is 7.11 Å².